The van der Waals surface area contributed by atoms with Gasteiger partial charge < -0.3 is 5.11 Å². The van der Waals surface area contributed by atoms with E-state index in [1.165, 1.54) is 31.2 Å². The summed E-state index contributed by atoms with van der Waals surface area (Å²) in [4.78, 5) is 33.3. The average molecular weight is 283 g/mol. The van der Waals surface area contributed by atoms with Crippen LogP contribution in [0.3, 0.4) is 0 Å². The number of hydrogen-bond acceptors (Lipinski definition) is 3. The molecule has 0 radical (unpaired) electrons. The van der Waals surface area contributed by atoms with Gasteiger partial charge in [-0.05, 0) is 31.2 Å². The normalized spacial score (nSPS) is 10.7. The van der Waals surface area contributed by atoms with E-state index in [2.05, 4.69) is 10.9 Å². The Morgan fingerprint density at radius 3 is 2.26 bits per heavy atom. The summed E-state index contributed by atoms with van der Waals surface area (Å²) in [5.74, 6) is -2.48. The van der Waals surface area contributed by atoms with E-state index in [0.29, 0.717) is 10.6 Å². The predicted octanol–water partition coefficient (Wildman–Crippen LogP) is 1.13. The highest BCUT2D eigenvalue weighted by Crippen LogP contribution is 2.08. The Hall–Kier alpha value is -2.34. The Labute approximate surface area is 114 Å². The van der Waals surface area contributed by atoms with E-state index in [1.54, 1.807) is 0 Å². The molecule has 0 saturated heterocycles. The minimum absolute atomic E-state index is 0.141. The van der Waals surface area contributed by atoms with Gasteiger partial charge in [-0.1, -0.05) is 11.6 Å². The Kier molecular flexibility index (Phi) is 5.08. The maximum atomic E-state index is 11.6. The zero-order chi connectivity index (χ0) is 14.4. The fourth-order valence-electron chi connectivity index (χ4n) is 1.09. The molecule has 0 bridgehead atoms. The van der Waals surface area contributed by atoms with E-state index in [9.17, 15) is 14.4 Å². The fraction of sp³-hybridized carbons (Fsp3) is 0.0833. The zero-order valence-electron chi connectivity index (χ0n) is 9.94. The number of carbonyl (C=O) groups excluding carboxylic acids is 2. The Bertz CT molecular complexity index is 537. The van der Waals surface area contributed by atoms with Gasteiger partial charge in [-0.25, -0.2) is 4.79 Å². The van der Waals surface area contributed by atoms with Crippen LogP contribution in [0.25, 0.3) is 0 Å². The van der Waals surface area contributed by atoms with Gasteiger partial charge in [0.25, 0.3) is 11.8 Å². The summed E-state index contributed by atoms with van der Waals surface area (Å²) >= 11 is 5.67. The van der Waals surface area contributed by atoms with Gasteiger partial charge >= 0.3 is 5.97 Å². The molecule has 3 N–H and O–H groups in total. The molecule has 2 amide bonds. The van der Waals surface area contributed by atoms with Gasteiger partial charge in [0, 0.05) is 22.2 Å². The van der Waals surface area contributed by atoms with E-state index in [1.807, 2.05) is 0 Å². The minimum Gasteiger partial charge on any atom is -0.478 e. The lowest BCUT2D eigenvalue weighted by molar-refractivity contribution is -0.133. The third-order valence-corrected chi connectivity index (χ3v) is 2.34. The maximum absolute atomic E-state index is 11.6. The van der Waals surface area contributed by atoms with Crippen LogP contribution in [-0.2, 0) is 9.59 Å². The highest BCUT2D eigenvalue weighted by Gasteiger charge is 2.07. The molecule has 0 aliphatic rings. The summed E-state index contributed by atoms with van der Waals surface area (Å²) < 4.78 is 0. The van der Waals surface area contributed by atoms with Gasteiger partial charge in [0.05, 0.1) is 0 Å². The van der Waals surface area contributed by atoms with Crippen molar-refractivity contribution in [2.75, 3.05) is 0 Å². The molecule has 0 aromatic heterocycles. The van der Waals surface area contributed by atoms with Gasteiger partial charge in [-0.3, -0.25) is 20.4 Å². The van der Waals surface area contributed by atoms with Crippen LogP contribution >= 0.6 is 11.6 Å². The van der Waals surface area contributed by atoms with Crippen molar-refractivity contribution in [1.82, 2.24) is 10.9 Å². The first kappa shape index (κ1) is 14.7. The molecule has 7 heteroatoms. The molecule has 0 aliphatic heterocycles. The summed E-state index contributed by atoms with van der Waals surface area (Å²) in [6, 6.07) is 6.05. The Morgan fingerprint density at radius 2 is 1.74 bits per heavy atom. The summed E-state index contributed by atoms with van der Waals surface area (Å²) in [6.45, 7) is 1.27. The topological polar surface area (TPSA) is 95.5 Å². The van der Waals surface area contributed by atoms with Gasteiger partial charge in [-0.2, -0.15) is 0 Å². The zero-order valence-corrected chi connectivity index (χ0v) is 10.7. The lowest BCUT2D eigenvalue weighted by Crippen LogP contribution is -2.41. The second-order valence-electron chi connectivity index (χ2n) is 3.58. The number of hydrogen-bond donors (Lipinski definition) is 3. The van der Waals surface area contributed by atoms with Crippen molar-refractivity contribution in [3.05, 3.63) is 46.5 Å². The monoisotopic (exact) mass is 282 g/mol. The highest BCUT2D eigenvalue weighted by molar-refractivity contribution is 6.30. The van der Waals surface area contributed by atoms with Crippen LogP contribution in [0.4, 0.5) is 0 Å². The SMILES string of the molecule is C/C(=C/C(=O)NNC(=O)c1ccc(Cl)cc1)C(=O)O. The number of carbonyl (C=O) groups is 3. The second kappa shape index (κ2) is 6.55. The Balaban J connectivity index is 2.55. The summed E-state index contributed by atoms with van der Waals surface area (Å²) in [7, 11) is 0. The summed E-state index contributed by atoms with van der Waals surface area (Å²) in [6.07, 6.45) is 0.866. The molecule has 1 aromatic carbocycles. The van der Waals surface area contributed by atoms with Crippen molar-refractivity contribution in [2.45, 2.75) is 6.92 Å². The van der Waals surface area contributed by atoms with Crippen LogP contribution < -0.4 is 10.9 Å². The van der Waals surface area contributed by atoms with Crippen LogP contribution in [-0.4, -0.2) is 22.9 Å². The molecule has 1 rings (SSSR count). The number of nitrogens with one attached hydrogen (secondary N) is 2. The molecule has 0 spiro atoms. The standard InChI is InChI=1S/C12H11ClN2O4/c1-7(12(18)19)6-10(16)14-15-11(17)8-2-4-9(13)5-3-8/h2-6H,1H3,(H,14,16)(H,15,17)(H,18,19)/b7-6-. The number of benzene rings is 1. The van der Waals surface area contributed by atoms with Crippen molar-refractivity contribution >= 4 is 29.4 Å². The molecule has 6 nitrogen and oxygen atoms in total. The highest BCUT2D eigenvalue weighted by atomic mass is 35.5. The van der Waals surface area contributed by atoms with Crippen molar-refractivity contribution in [3.63, 3.8) is 0 Å². The van der Waals surface area contributed by atoms with E-state index in [0.717, 1.165) is 6.08 Å². The van der Waals surface area contributed by atoms with Crippen LogP contribution in [0.2, 0.25) is 5.02 Å². The van der Waals surface area contributed by atoms with Crippen LogP contribution in [0.15, 0.2) is 35.9 Å². The van der Waals surface area contributed by atoms with Crippen molar-refractivity contribution in [1.29, 1.82) is 0 Å². The molecule has 0 saturated carbocycles. The lowest BCUT2D eigenvalue weighted by atomic mass is 10.2. The third kappa shape index (κ3) is 4.81. The second-order valence-corrected chi connectivity index (χ2v) is 4.02. The summed E-state index contributed by atoms with van der Waals surface area (Å²) in [5, 5.41) is 9.05. The number of hydrazine groups is 1. The fourth-order valence-corrected chi connectivity index (χ4v) is 1.21. The van der Waals surface area contributed by atoms with E-state index in [4.69, 9.17) is 16.7 Å². The number of amides is 2. The first-order chi connectivity index (χ1) is 8.90. The molecular weight excluding hydrogens is 272 g/mol. The first-order valence-electron chi connectivity index (χ1n) is 5.17. The number of halogens is 1. The molecular formula is C12H11ClN2O4. The molecule has 100 valence electrons. The quantitative estimate of drug-likeness (QED) is 0.572. The van der Waals surface area contributed by atoms with Crippen molar-refractivity contribution < 1.29 is 19.5 Å². The van der Waals surface area contributed by atoms with Crippen LogP contribution in [0, 0.1) is 0 Å². The van der Waals surface area contributed by atoms with Crippen LogP contribution in [0.5, 0.6) is 0 Å². The number of aliphatic carboxylic acids is 1. The van der Waals surface area contributed by atoms with Crippen molar-refractivity contribution in [2.24, 2.45) is 0 Å². The largest absolute Gasteiger partial charge is 0.478 e. The van der Waals surface area contributed by atoms with E-state index >= 15 is 0 Å². The van der Waals surface area contributed by atoms with E-state index < -0.39 is 17.8 Å². The van der Waals surface area contributed by atoms with Gasteiger partial charge in [0.2, 0.25) is 0 Å². The van der Waals surface area contributed by atoms with Crippen LogP contribution in [0.1, 0.15) is 17.3 Å². The molecule has 19 heavy (non-hydrogen) atoms. The van der Waals surface area contributed by atoms with Gasteiger partial charge in [-0.15, -0.1) is 0 Å². The average Bonchev–Trinajstić information content (AvgIpc) is 2.36. The molecule has 0 heterocycles. The smallest absolute Gasteiger partial charge is 0.331 e. The van der Waals surface area contributed by atoms with Gasteiger partial charge in [0.15, 0.2) is 0 Å². The predicted molar refractivity (Wildman–Crippen MR) is 68.5 cm³/mol. The molecule has 1 aromatic rings. The number of rotatable bonds is 3. The molecule has 0 unspecified atom stereocenters. The molecule has 0 aliphatic carbocycles. The maximum Gasteiger partial charge on any atom is 0.331 e. The third-order valence-electron chi connectivity index (χ3n) is 2.09. The summed E-state index contributed by atoms with van der Waals surface area (Å²) in [5.41, 5.74) is 4.38. The number of carboxylic acids is 1. The lowest BCUT2D eigenvalue weighted by Gasteiger charge is -2.05. The Morgan fingerprint density at radius 1 is 1.16 bits per heavy atom. The number of carboxylic acid groups (broad SMARTS) is 1. The minimum atomic E-state index is -1.21. The van der Waals surface area contributed by atoms with E-state index in [-0.39, 0.29) is 5.57 Å². The molecule has 0 atom stereocenters. The molecule has 0 fully saturated rings. The first-order valence-corrected chi connectivity index (χ1v) is 5.55. The van der Waals surface area contributed by atoms with Crippen molar-refractivity contribution in [3.8, 4) is 0 Å². The van der Waals surface area contributed by atoms with Gasteiger partial charge in [0.1, 0.15) is 0 Å².